The van der Waals surface area contributed by atoms with Gasteiger partial charge in [-0.05, 0) is 45.4 Å². The number of likely N-dealkylation sites (tertiary alicyclic amines) is 1. The minimum atomic E-state index is -0.443. The summed E-state index contributed by atoms with van der Waals surface area (Å²) in [5.41, 5.74) is 0.730. The van der Waals surface area contributed by atoms with Gasteiger partial charge in [-0.25, -0.2) is 4.79 Å². The normalized spacial score (nSPS) is 27.0. The zero-order valence-electron chi connectivity index (χ0n) is 14.2. The molecule has 3 rings (SSSR count). The largest absolute Gasteiger partial charge is 0.444 e. The van der Waals surface area contributed by atoms with E-state index in [0.29, 0.717) is 11.8 Å². The molecular weight excluding hydrogens is 280 g/mol. The fourth-order valence-corrected chi connectivity index (χ4v) is 4.07. The van der Waals surface area contributed by atoms with Crippen molar-refractivity contribution in [3.05, 3.63) is 17.5 Å². The predicted octanol–water partition coefficient (Wildman–Crippen LogP) is 3.38. The molecule has 0 saturated carbocycles. The molecule has 1 saturated heterocycles. The smallest absolute Gasteiger partial charge is 0.410 e. The van der Waals surface area contributed by atoms with Gasteiger partial charge in [0.15, 0.2) is 0 Å². The van der Waals surface area contributed by atoms with E-state index in [1.54, 1.807) is 0 Å². The van der Waals surface area contributed by atoms with Crippen molar-refractivity contribution in [1.82, 2.24) is 10.1 Å². The van der Waals surface area contributed by atoms with Crippen LogP contribution in [0.15, 0.2) is 10.7 Å². The van der Waals surface area contributed by atoms with Crippen LogP contribution in [0.3, 0.4) is 0 Å². The van der Waals surface area contributed by atoms with E-state index in [-0.39, 0.29) is 11.5 Å². The summed E-state index contributed by atoms with van der Waals surface area (Å²) in [7, 11) is 0. The molecule has 1 aliphatic carbocycles. The molecular formula is C17H26N2O3. The highest BCUT2D eigenvalue weighted by atomic mass is 16.6. The topological polar surface area (TPSA) is 55.6 Å². The first kappa shape index (κ1) is 15.4. The van der Waals surface area contributed by atoms with Crippen molar-refractivity contribution in [2.24, 2.45) is 11.8 Å². The third-order valence-electron chi connectivity index (χ3n) is 5.02. The Balaban J connectivity index is 1.76. The highest BCUT2D eigenvalue weighted by Gasteiger charge is 2.48. The number of carbonyl (C=O) groups excluding carboxylic acids is 1. The third kappa shape index (κ3) is 2.61. The molecule has 22 heavy (non-hydrogen) atoms. The highest BCUT2D eigenvalue weighted by Crippen LogP contribution is 2.47. The fourth-order valence-electron chi connectivity index (χ4n) is 4.07. The lowest BCUT2D eigenvalue weighted by Crippen LogP contribution is -2.52. The number of hydrogen-bond donors (Lipinski definition) is 0. The monoisotopic (exact) mass is 306 g/mol. The number of fused-ring (bicyclic) bond motifs is 2. The second kappa shape index (κ2) is 5.00. The molecule has 0 N–H and O–H groups in total. The molecule has 0 spiro atoms. The molecule has 1 fully saturated rings. The molecule has 1 amide bonds. The second-order valence-electron chi connectivity index (χ2n) is 8.19. The lowest BCUT2D eigenvalue weighted by atomic mass is 9.61. The summed E-state index contributed by atoms with van der Waals surface area (Å²) in [6, 6.07) is 0. The molecule has 122 valence electrons. The van der Waals surface area contributed by atoms with Crippen LogP contribution in [0.4, 0.5) is 4.79 Å². The maximum atomic E-state index is 12.3. The minimum Gasteiger partial charge on any atom is -0.444 e. The fraction of sp³-hybridized carbons (Fsp3) is 0.765. The van der Waals surface area contributed by atoms with E-state index in [9.17, 15) is 4.79 Å². The Hall–Kier alpha value is -1.52. The Morgan fingerprint density at radius 2 is 2.18 bits per heavy atom. The van der Waals surface area contributed by atoms with Gasteiger partial charge in [0.05, 0.1) is 6.20 Å². The van der Waals surface area contributed by atoms with E-state index < -0.39 is 5.60 Å². The van der Waals surface area contributed by atoms with Crippen molar-refractivity contribution in [2.45, 2.75) is 58.5 Å². The van der Waals surface area contributed by atoms with E-state index in [2.05, 4.69) is 19.0 Å². The zero-order chi connectivity index (χ0) is 16.1. The van der Waals surface area contributed by atoms with Crippen molar-refractivity contribution in [1.29, 1.82) is 0 Å². The van der Waals surface area contributed by atoms with Crippen LogP contribution in [0.5, 0.6) is 0 Å². The van der Waals surface area contributed by atoms with Crippen LogP contribution < -0.4 is 0 Å². The van der Waals surface area contributed by atoms with E-state index in [1.165, 1.54) is 5.56 Å². The van der Waals surface area contributed by atoms with Gasteiger partial charge >= 0.3 is 6.09 Å². The molecule has 0 radical (unpaired) electrons. The Morgan fingerprint density at radius 1 is 1.45 bits per heavy atom. The van der Waals surface area contributed by atoms with Crippen molar-refractivity contribution in [3.63, 3.8) is 0 Å². The third-order valence-corrected chi connectivity index (χ3v) is 5.02. The molecule has 0 aromatic carbocycles. The number of carbonyl (C=O) groups is 1. The molecule has 1 aliphatic heterocycles. The number of aromatic nitrogens is 1. The van der Waals surface area contributed by atoms with Crippen LogP contribution in [0.1, 0.15) is 52.4 Å². The average Bonchev–Trinajstić information content (AvgIpc) is 2.85. The van der Waals surface area contributed by atoms with Gasteiger partial charge in [-0.15, -0.1) is 0 Å². The van der Waals surface area contributed by atoms with Gasteiger partial charge in [0.2, 0.25) is 0 Å². The Kier molecular flexibility index (Phi) is 3.49. The standard InChI is InChI=1S/C17H26N2O3/c1-16(2,3)21-15(20)19-7-6-13-12(10-19)8-11-9-18-22-14(11)17(13,4)5/h9,12-13H,6-8,10H2,1-5H3. The van der Waals surface area contributed by atoms with Crippen LogP contribution in [-0.2, 0) is 16.6 Å². The summed E-state index contributed by atoms with van der Waals surface area (Å²) in [4.78, 5) is 14.2. The first-order valence-electron chi connectivity index (χ1n) is 8.10. The van der Waals surface area contributed by atoms with E-state index in [1.807, 2.05) is 31.9 Å². The number of rotatable bonds is 0. The molecule has 2 atom stereocenters. The molecule has 5 nitrogen and oxygen atoms in total. The van der Waals surface area contributed by atoms with Gasteiger partial charge < -0.3 is 14.2 Å². The van der Waals surface area contributed by atoms with E-state index >= 15 is 0 Å². The maximum Gasteiger partial charge on any atom is 0.410 e. The van der Waals surface area contributed by atoms with Crippen LogP contribution in [0, 0.1) is 11.8 Å². The lowest BCUT2D eigenvalue weighted by molar-refractivity contribution is -0.000892. The number of piperidine rings is 1. The molecule has 5 heteroatoms. The first-order valence-corrected chi connectivity index (χ1v) is 8.10. The highest BCUT2D eigenvalue weighted by molar-refractivity contribution is 5.68. The zero-order valence-corrected chi connectivity index (χ0v) is 14.2. The van der Waals surface area contributed by atoms with Crippen LogP contribution in [-0.4, -0.2) is 34.8 Å². The van der Waals surface area contributed by atoms with E-state index in [0.717, 1.165) is 31.7 Å². The predicted molar refractivity (Wildman–Crippen MR) is 82.6 cm³/mol. The van der Waals surface area contributed by atoms with Crippen LogP contribution >= 0.6 is 0 Å². The van der Waals surface area contributed by atoms with Gasteiger partial charge in [0, 0.05) is 24.1 Å². The van der Waals surface area contributed by atoms with Crippen molar-refractivity contribution in [2.75, 3.05) is 13.1 Å². The molecule has 1 aromatic rings. The lowest BCUT2D eigenvalue weighted by Gasteiger charge is -2.47. The summed E-state index contributed by atoms with van der Waals surface area (Å²) in [5, 5.41) is 3.98. The van der Waals surface area contributed by atoms with Gasteiger partial charge in [0.1, 0.15) is 11.4 Å². The van der Waals surface area contributed by atoms with Gasteiger partial charge in [-0.3, -0.25) is 0 Å². The Morgan fingerprint density at radius 3 is 2.86 bits per heavy atom. The molecule has 0 bridgehead atoms. The average molecular weight is 306 g/mol. The molecule has 1 aromatic heterocycles. The van der Waals surface area contributed by atoms with Crippen molar-refractivity contribution < 1.29 is 14.1 Å². The Labute approximate surface area is 132 Å². The van der Waals surface area contributed by atoms with Crippen molar-refractivity contribution in [3.8, 4) is 0 Å². The van der Waals surface area contributed by atoms with Gasteiger partial charge in [-0.2, -0.15) is 0 Å². The summed E-state index contributed by atoms with van der Waals surface area (Å²) >= 11 is 0. The maximum absolute atomic E-state index is 12.3. The number of hydrogen-bond acceptors (Lipinski definition) is 4. The minimum absolute atomic E-state index is 0.0191. The summed E-state index contributed by atoms with van der Waals surface area (Å²) in [5.74, 6) is 1.99. The van der Waals surface area contributed by atoms with Crippen LogP contribution in [0.25, 0.3) is 0 Å². The number of amides is 1. The molecule has 2 aliphatic rings. The number of ether oxygens (including phenoxy) is 1. The van der Waals surface area contributed by atoms with Crippen molar-refractivity contribution >= 4 is 6.09 Å². The number of nitrogens with zero attached hydrogens (tertiary/aromatic N) is 2. The molecule has 2 heterocycles. The summed E-state index contributed by atoms with van der Waals surface area (Å²) < 4.78 is 11.0. The van der Waals surface area contributed by atoms with Gasteiger partial charge in [0.25, 0.3) is 0 Å². The quantitative estimate of drug-likeness (QED) is 0.737. The Bertz CT molecular complexity index is 571. The second-order valence-corrected chi connectivity index (χ2v) is 8.19. The summed E-state index contributed by atoms with van der Waals surface area (Å²) in [6.45, 7) is 11.7. The van der Waals surface area contributed by atoms with Crippen LogP contribution in [0.2, 0.25) is 0 Å². The van der Waals surface area contributed by atoms with Gasteiger partial charge in [-0.1, -0.05) is 19.0 Å². The first-order chi connectivity index (χ1) is 10.2. The SMILES string of the molecule is CC(C)(C)OC(=O)N1CCC2C(Cc3cnoc3C2(C)C)C1. The molecule has 2 unspecified atom stereocenters. The van der Waals surface area contributed by atoms with E-state index in [4.69, 9.17) is 9.26 Å². The summed E-state index contributed by atoms with van der Waals surface area (Å²) in [6.07, 6.45) is 3.56.